The third-order valence-corrected chi connectivity index (χ3v) is 4.16. The number of halogens is 1. The van der Waals surface area contributed by atoms with Crippen molar-refractivity contribution in [1.82, 2.24) is 0 Å². The van der Waals surface area contributed by atoms with Crippen LogP contribution in [0.25, 0.3) is 6.08 Å². The molecule has 7 heteroatoms. The van der Waals surface area contributed by atoms with Gasteiger partial charge in [-0.2, -0.15) is 0 Å². The summed E-state index contributed by atoms with van der Waals surface area (Å²) in [4.78, 5) is 23.8. The number of ether oxygens (including phenoxy) is 3. The van der Waals surface area contributed by atoms with Gasteiger partial charge in [0, 0.05) is 18.2 Å². The molecule has 0 atom stereocenters. The van der Waals surface area contributed by atoms with E-state index in [0.717, 1.165) is 12.0 Å². The van der Waals surface area contributed by atoms with Crippen LogP contribution in [-0.4, -0.2) is 31.7 Å². The topological polar surface area (TPSA) is 73.9 Å². The minimum absolute atomic E-state index is 0.376. The molecule has 28 heavy (non-hydrogen) atoms. The highest BCUT2D eigenvalue weighted by molar-refractivity contribution is 6.32. The van der Waals surface area contributed by atoms with Crippen molar-refractivity contribution in [1.29, 1.82) is 0 Å². The zero-order chi connectivity index (χ0) is 19.9. The first-order chi connectivity index (χ1) is 13.5. The van der Waals surface area contributed by atoms with Gasteiger partial charge in [-0.3, -0.25) is 4.79 Å². The molecule has 0 bridgehead atoms. The molecule has 0 saturated heterocycles. The molecule has 1 N–H and O–H groups in total. The molecule has 0 spiro atoms. The van der Waals surface area contributed by atoms with Gasteiger partial charge in [-0.25, -0.2) is 4.79 Å². The van der Waals surface area contributed by atoms with Crippen LogP contribution in [0.5, 0.6) is 11.5 Å². The molecule has 0 unspecified atom stereocenters. The first-order valence-corrected chi connectivity index (χ1v) is 9.19. The van der Waals surface area contributed by atoms with Crippen LogP contribution in [0.1, 0.15) is 17.5 Å². The lowest BCUT2D eigenvalue weighted by atomic mass is 10.2. The number of anilines is 1. The maximum absolute atomic E-state index is 11.9. The number of hydrogen-bond acceptors (Lipinski definition) is 5. The van der Waals surface area contributed by atoms with Crippen LogP contribution < -0.4 is 14.8 Å². The summed E-state index contributed by atoms with van der Waals surface area (Å²) in [5, 5.41) is 3.08. The van der Waals surface area contributed by atoms with Crippen molar-refractivity contribution in [2.45, 2.75) is 13.3 Å². The van der Waals surface area contributed by atoms with Gasteiger partial charge in [0.25, 0.3) is 5.91 Å². The molecule has 0 fully saturated rings. The second kappa shape index (κ2) is 9.28. The largest absolute Gasteiger partial charge is 0.489 e. The number of carbonyl (C=O) groups is 2. The van der Waals surface area contributed by atoms with Gasteiger partial charge in [0.2, 0.25) is 0 Å². The number of amides is 1. The molecule has 2 aromatic rings. The van der Waals surface area contributed by atoms with E-state index >= 15 is 0 Å². The van der Waals surface area contributed by atoms with Crippen molar-refractivity contribution >= 4 is 35.2 Å². The van der Waals surface area contributed by atoms with Gasteiger partial charge in [-0.1, -0.05) is 23.7 Å². The smallest absolute Gasteiger partial charge is 0.331 e. The predicted octanol–water partition coefficient (Wildman–Crippen LogP) is 4.00. The van der Waals surface area contributed by atoms with Gasteiger partial charge in [-0.05, 0) is 48.4 Å². The van der Waals surface area contributed by atoms with Crippen molar-refractivity contribution in [3.8, 4) is 11.5 Å². The fourth-order valence-electron chi connectivity index (χ4n) is 2.62. The molecule has 3 rings (SSSR count). The Labute approximate surface area is 168 Å². The number of rotatable bonds is 5. The standard InChI is InChI=1S/C21H20ClNO5/c1-14-4-2-5-16(10-14)23-19(24)13-28-20(25)7-6-15-11-17(22)21-18(12-15)26-8-3-9-27-21/h2,4-7,10-12H,3,8-9,13H2,1H3,(H,23,24)/b7-6+. The molecule has 1 aliphatic heterocycles. The van der Waals surface area contributed by atoms with E-state index in [1.54, 1.807) is 24.3 Å². The Morgan fingerprint density at radius 3 is 2.86 bits per heavy atom. The quantitative estimate of drug-likeness (QED) is 0.605. The van der Waals surface area contributed by atoms with Gasteiger partial charge in [0.15, 0.2) is 18.1 Å². The summed E-state index contributed by atoms with van der Waals surface area (Å²) < 4.78 is 16.1. The van der Waals surface area contributed by atoms with Gasteiger partial charge in [-0.15, -0.1) is 0 Å². The van der Waals surface area contributed by atoms with E-state index in [9.17, 15) is 9.59 Å². The molecule has 2 aromatic carbocycles. The summed E-state index contributed by atoms with van der Waals surface area (Å²) in [6.07, 6.45) is 3.55. The summed E-state index contributed by atoms with van der Waals surface area (Å²) in [5.41, 5.74) is 2.33. The van der Waals surface area contributed by atoms with Gasteiger partial charge in [0.05, 0.1) is 18.2 Å². The number of benzene rings is 2. The zero-order valence-electron chi connectivity index (χ0n) is 15.4. The Hall–Kier alpha value is -2.99. The average molecular weight is 402 g/mol. The number of aryl methyl sites for hydroxylation is 1. The Morgan fingerprint density at radius 2 is 2.04 bits per heavy atom. The third-order valence-electron chi connectivity index (χ3n) is 3.88. The van der Waals surface area contributed by atoms with Gasteiger partial charge in [0.1, 0.15) is 0 Å². The molecule has 0 saturated carbocycles. The van der Waals surface area contributed by atoms with Crippen LogP contribution >= 0.6 is 11.6 Å². The number of carbonyl (C=O) groups excluding carboxylic acids is 2. The van der Waals surface area contributed by atoms with Crippen molar-refractivity contribution in [2.75, 3.05) is 25.1 Å². The number of hydrogen-bond donors (Lipinski definition) is 1. The number of fused-ring (bicyclic) bond motifs is 1. The van der Waals surface area contributed by atoms with E-state index in [0.29, 0.717) is 41.0 Å². The molecule has 1 aliphatic rings. The summed E-state index contributed by atoms with van der Waals surface area (Å²) in [6, 6.07) is 10.8. The van der Waals surface area contributed by atoms with Crippen molar-refractivity contribution in [3.05, 3.63) is 58.6 Å². The van der Waals surface area contributed by atoms with E-state index in [-0.39, 0.29) is 6.61 Å². The van der Waals surface area contributed by atoms with E-state index in [4.69, 9.17) is 25.8 Å². The highest BCUT2D eigenvalue weighted by atomic mass is 35.5. The number of esters is 1. The molecular weight excluding hydrogens is 382 g/mol. The number of nitrogens with one attached hydrogen (secondary N) is 1. The molecular formula is C21H20ClNO5. The van der Waals surface area contributed by atoms with E-state index in [1.165, 1.54) is 6.08 Å². The van der Waals surface area contributed by atoms with Crippen molar-refractivity contribution in [3.63, 3.8) is 0 Å². The van der Waals surface area contributed by atoms with Gasteiger partial charge < -0.3 is 19.5 Å². The van der Waals surface area contributed by atoms with Crippen molar-refractivity contribution < 1.29 is 23.8 Å². The zero-order valence-corrected chi connectivity index (χ0v) is 16.1. The van der Waals surface area contributed by atoms with Gasteiger partial charge >= 0.3 is 5.97 Å². The van der Waals surface area contributed by atoms with Crippen LogP contribution in [0.4, 0.5) is 5.69 Å². The summed E-state index contributed by atoms with van der Waals surface area (Å²) >= 11 is 6.22. The minimum Gasteiger partial charge on any atom is -0.489 e. The molecule has 0 aliphatic carbocycles. The highest BCUT2D eigenvalue weighted by Crippen LogP contribution is 2.38. The van der Waals surface area contributed by atoms with Crippen LogP contribution in [0, 0.1) is 6.92 Å². The van der Waals surface area contributed by atoms with Crippen molar-refractivity contribution in [2.24, 2.45) is 0 Å². The Bertz CT molecular complexity index is 910. The molecule has 6 nitrogen and oxygen atoms in total. The monoisotopic (exact) mass is 401 g/mol. The van der Waals surface area contributed by atoms with Crippen LogP contribution in [0.2, 0.25) is 5.02 Å². The Kier molecular flexibility index (Phi) is 6.55. The minimum atomic E-state index is -0.636. The first-order valence-electron chi connectivity index (χ1n) is 8.82. The molecule has 0 aromatic heterocycles. The third kappa shape index (κ3) is 5.50. The lowest BCUT2D eigenvalue weighted by molar-refractivity contribution is -0.142. The molecule has 0 radical (unpaired) electrons. The first kappa shape index (κ1) is 19.8. The van der Waals surface area contributed by atoms with E-state index < -0.39 is 11.9 Å². The molecule has 146 valence electrons. The maximum atomic E-state index is 11.9. The second-order valence-corrected chi connectivity index (χ2v) is 6.65. The lowest BCUT2D eigenvalue weighted by Gasteiger charge is -2.10. The summed E-state index contributed by atoms with van der Waals surface area (Å²) in [7, 11) is 0. The SMILES string of the molecule is Cc1cccc(NC(=O)COC(=O)/C=C/c2cc(Cl)c3c(c2)OCCCO3)c1. The summed E-state index contributed by atoms with van der Waals surface area (Å²) in [5.74, 6) is -0.00383. The predicted molar refractivity (Wildman–Crippen MR) is 107 cm³/mol. The van der Waals surface area contributed by atoms with Crippen LogP contribution in [0.15, 0.2) is 42.5 Å². The van der Waals surface area contributed by atoms with E-state index in [2.05, 4.69) is 5.32 Å². The van der Waals surface area contributed by atoms with Crippen LogP contribution in [0.3, 0.4) is 0 Å². The van der Waals surface area contributed by atoms with E-state index in [1.807, 2.05) is 25.1 Å². The second-order valence-electron chi connectivity index (χ2n) is 6.24. The molecule has 1 amide bonds. The Balaban J connectivity index is 1.54. The summed E-state index contributed by atoms with van der Waals surface area (Å²) in [6.45, 7) is 2.62. The normalized spacial score (nSPS) is 13.1. The fourth-order valence-corrected chi connectivity index (χ4v) is 2.89. The lowest BCUT2D eigenvalue weighted by Crippen LogP contribution is -2.20. The Morgan fingerprint density at radius 1 is 1.21 bits per heavy atom. The fraction of sp³-hybridized carbons (Fsp3) is 0.238. The van der Waals surface area contributed by atoms with Crippen LogP contribution in [-0.2, 0) is 14.3 Å². The average Bonchev–Trinajstić information content (AvgIpc) is 2.90. The maximum Gasteiger partial charge on any atom is 0.331 e. The molecule has 1 heterocycles. The highest BCUT2D eigenvalue weighted by Gasteiger charge is 2.15.